The van der Waals surface area contributed by atoms with Crippen molar-refractivity contribution in [1.29, 1.82) is 0 Å². The number of benzene rings is 2. The average molecular weight is 393 g/mol. The maximum atomic E-state index is 12.1. The van der Waals surface area contributed by atoms with Crippen LogP contribution in [0.2, 0.25) is 0 Å². The fourth-order valence-corrected chi connectivity index (χ4v) is 3.35. The van der Waals surface area contributed by atoms with E-state index in [1.54, 1.807) is 0 Å². The van der Waals surface area contributed by atoms with E-state index in [-0.39, 0.29) is 11.7 Å². The molecule has 0 bridgehead atoms. The first-order valence-electron chi connectivity index (χ1n) is 8.91. The van der Waals surface area contributed by atoms with Crippen molar-refractivity contribution in [2.24, 2.45) is 0 Å². The molecule has 0 atom stereocenters. The van der Waals surface area contributed by atoms with Gasteiger partial charge < -0.3 is 14.7 Å². The summed E-state index contributed by atoms with van der Waals surface area (Å²) in [5.74, 6) is 1.51. The third-order valence-corrected chi connectivity index (χ3v) is 5.03. The zero-order valence-corrected chi connectivity index (χ0v) is 16.1. The van der Waals surface area contributed by atoms with Gasteiger partial charge in [0.15, 0.2) is 0 Å². The van der Waals surface area contributed by atoms with Crippen LogP contribution in [0.25, 0.3) is 11.0 Å². The SMILES string of the molecule is Cc1ccccc1NC(=O)CSc1nnc(CCc2nc3ccccc3[nH]2)o1. The van der Waals surface area contributed by atoms with E-state index in [1.165, 1.54) is 11.8 Å². The number of aromatic amines is 1. The van der Waals surface area contributed by atoms with Gasteiger partial charge >= 0.3 is 0 Å². The molecule has 4 aromatic rings. The first-order valence-corrected chi connectivity index (χ1v) is 9.90. The summed E-state index contributed by atoms with van der Waals surface area (Å²) in [4.78, 5) is 19.9. The summed E-state index contributed by atoms with van der Waals surface area (Å²) in [6, 6.07) is 15.6. The molecular weight excluding hydrogens is 374 g/mol. The normalized spacial score (nSPS) is 11.0. The highest BCUT2D eigenvalue weighted by Crippen LogP contribution is 2.19. The standard InChI is InChI=1S/C20H19N5O2S/c1-13-6-2-3-7-14(13)23-18(26)12-28-20-25-24-19(27-20)11-10-17-21-15-8-4-5-9-16(15)22-17/h2-9H,10-12H2,1H3,(H,21,22)(H,23,26). The van der Waals surface area contributed by atoms with Crippen LogP contribution in [0.5, 0.6) is 0 Å². The third-order valence-electron chi connectivity index (χ3n) is 4.21. The monoisotopic (exact) mass is 393 g/mol. The van der Waals surface area contributed by atoms with Gasteiger partial charge in [0, 0.05) is 18.5 Å². The quantitative estimate of drug-likeness (QED) is 0.464. The van der Waals surface area contributed by atoms with Crippen LogP contribution in [0.1, 0.15) is 17.3 Å². The van der Waals surface area contributed by atoms with Gasteiger partial charge in [0.05, 0.1) is 16.8 Å². The Balaban J connectivity index is 1.28. The van der Waals surface area contributed by atoms with Crippen LogP contribution in [-0.2, 0) is 17.6 Å². The number of para-hydroxylation sites is 3. The number of hydrogen-bond acceptors (Lipinski definition) is 6. The molecule has 2 heterocycles. The van der Waals surface area contributed by atoms with Crippen molar-refractivity contribution in [3.05, 3.63) is 65.8 Å². The molecule has 1 amide bonds. The number of anilines is 1. The zero-order chi connectivity index (χ0) is 19.3. The highest BCUT2D eigenvalue weighted by Gasteiger charge is 2.11. The van der Waals surface area contributed by atoms with Crippen molar-refractivity contribution < 1.29 is 9.21 Å². The van der Waals surface area contributed by atoms with Crippen molar-refractivity contribution in [2.45, 2.75) is 25.0 Å². The molecule has 0 saturated carbocycles. The Morgan fingerprint density at radius 1 is 1.11 bits per heavy atom. The number of carbonyl (C=O) groups excluding carboxylic acids is 1. The summed E-state index contributed by atoms with van der Waals surface area (Å²) in [6.45, 7) is 1.95. The minimum absolute atomic E-state index is 0.110. The third kappa shape index (κ3) is 4.40. The van der Waals surface area contributed by atoms with Crippen molar-refractivity contribution in [1.82, 2.24) is 20.2 Å². The number of nitrogens with one attached hydrogen (secondary N) is 2. The largest absolute Gasteiger partial charge is 0.416 e. The van der Waals surface area contributed by atoms with E-state index in [2.05, 4.69) is 25.5 Å². The van der Waals surface area contributed by atoms with E-state index < -0.39 is 0 Å². The van der Waals surface area contributed by atoms with Gasteiger partial charge in [0.25, 0.3) is 5.22 Å². The Hall–Kier alpha value is -3.13. The fraction of sp³-hybridized carbons (Fsp3) is 0.200. The number of H-pyrrole nitrogens is 1. The second kappa shape index (κ2) is 8.26. The number of aryl methyl sites for hydroxylation is 3. The average Bonchev–Trinajstić information content (AvgIpc) is 3.33. The molecule has 0 radical (unpaired) electrons. The summed E-state index contributed by atoms with van der Waals surface area (Å²) in [5, 5.41) is 11.3. The molecule has 4 rings (SSSR count). The van der Waals surface area contributed by atoms with Gasteiger partial charge in [0.1, 0.15) is 5.82 Å². The van der Waals surface area contributed by atoms with Crippen LogP contribution in [0, 0.1) is 6.92 Å². The summed E-state index contributed by atoms with van der Waals surface area (Å²) in [5.41, 5.74) is 3.79. The number of fused-ring (bicyclic) bond motifs is 1. The molecule has 8 heteroatoms. The lowest BCUT2D eigenvalue weighted by Gasteiger charge is -2.06. The first-order chi connectivity index (χ1) is 13.7. The van der Waals surface area contributed by atoms with Crippen LogP contribution in [0.15, 0.2) is 58.2 Å². The van der Waals surface area contributed by atoms with Crippen molar-refractivity contribution in [2.75, 3.05) is 11.1 Å². The Labute approximate surface area is 166 Å². The van der Waals surface area contributed by atoms with Gasteiger partial charge in [-0.3, -0.25) is 4.79 Å². The van der Waals surface area contributed by atoms with Crippen LogP contribution < -0.4 is 5.32 Å². The molecule has 2 aromatic heterocycles. The van der Waals surface area contributed by atoms with Crippen LogP contribution >= 0.6 is 11.8 Å². The summed E-state index contributed by atoms with van der Waals surface area (Å²) >= 11 is 1.22. The molecule has 0 aliphatic carbocycles. The maximum absolute atomic E-state index is 12.1. The number of imidazole rings is 1. The van der Waals surface area contributed by atoms with Crippen molar-refractivity contribution >= 4 is 34.4 Å². The molecule has 7 nitrogen and oxygen atoms in total. The fourth-order valence-electron chi connectivity index (χ4n) is 2.77. The lowest BCUT2D eigenvalue weighted by Crippen LogP contribution is -2.14. The molecule has 2 N–H and O–H groups in total. The predicted molar refractivity (Wildman–Crippen MR) is 108 cm³/mol. The van der Waals surface area contributed by atoms with Crippen molar-refractivity contribution in [3.8, 4) is 0 Å². The molecular formula is C20H19N5O2S. The summed E-state index contributed by atoms with van der Waals surface area (Å²) < 4.78 is 5.62. The van der Waals surface area contributed by atoms with E-state index in [9.17, 15) is 4.79 Å². The van der Waals surface area contributed by atoms with E-state index in [0.717, 1.165) is 28.1 Å². The van der Waals surface area contributed by atoms with Gasteiger partial charge in [-0.25, -0.2) is 4.98 Å². The van der Waals surface area contributed by atoms with Crippen molar-refractivity contribution in [3.63, 3.8) is 0 Å². The Morgan fingerprint density at radius 2 is 1.93 bits per heavy atom. The van der Waals surface area contributed by atoms with E-state index in [1.807, 2.05) is 55.5 Å². The van der Waals surface area contributed by atoms with Gasteiger partial charge in [-0.05, 0) is 30.7 Å². The van der Waals surface area contributed by atoms with Crippen LogP contribution in [-0.4, -0.2) is 31.8 Å². The number of aromatic nitrogens is 4. The number of nitrogens with zero attached hydrogens (tertiary/aromatic N) is 3. The molecule has 0 unspecified atom stereocenters. The Bertz CT molecular complexity index is 1070. The van der Waals surface area contributed by atoms with Gasteiger partial charge in [-0.2, -0.15) is 0 Å². The predicted octanol–water partition coefficient (Wildman–Crippen LogP) is 3.77. The Morgan fingerprint density at radius 3 is 2.79 bits per heavy atom. The number of hydrogen-bond donors (Lipinski definition) is 2. The first kappa shape index (κ1) is 18.2. The number of carbonyl (C=O) groups is 1. The van der Waals surface area contributed by atoms with E-state index in [0.29, 0.717) is 24.0 Å². The molecule has 28 heavy (non-hydrogen) atoms. The molecule has 0 fully saturated rings. The number of thioether (sulfide) groups is 1. The molecule has 0 spiro atoms. The van der Waals surface area contributed by atoms with Crippen LogP contribution in [0.3, 0.4) is 0 Å². The highest BCUT2D eigenvalue weighted by atomic mass is 32.2. The van der Waals surface area contributed by atoms with Gasteiger partial charge in [-0.15, -0.1) is 10.2 Å². The minimum atomic E-state index is -0.110. The molecule has 2 aromatic carbocycles. The number of rotatable bonds is 7. The molecule has 0 aliphatic heterocycles. The van der Waals surface area contributed by atoms with E-state index >= 15 is 0 Å². The Kier molecular flexibility index (Phi) is 5.38. The van der Waals surface area contributed by atoms with Gasteiger partial charge in [0.2, 0.25) is 11.8 Å². The molecule has 0 aliphatic rings. The molecule has 142 valence electrons. The minimum Gasteiger partial charge on any atom is -0.416 e. The zero-order valence-electron chi connectivity index (χ0n) is 15.3. The summed E-state index contributed by atoms with van der Waals surface area (Å²) in [6.07, 6.45) is 1.26. The number of amides is 1. The smallest absolute Gasteiger partial charge is 0.277 e. The van der Waals surface area contributed by atoms with Gasteiger partial charge in [-0.1, -0.05) is 42.1 Å². The summed E-state index contributed by atoms with van der Waals surface area (Å²) in [7, 11) is 0. The second-order valence-corrected chi connectivity index (χ2v) is 7.24. The highest BCUT2D eigenvalue weighted by molar-refractivity contribution is 7.99. The topological polar surface area (TPSA) is 96.7 Å². The lowest BCUT2D eigenvalue weighted by atomic mass is 10.2. The van der Waals surface area contributed by atoms with Crippen LogP contribution in [0.4, 0.5) is 5.69 Å². The van der Waals surface area contributed by atoms with E-state index in [4.69, 9.17) is 4.42 Å². The second-order valence-electron chi connectivity index (χ2n) is 6.31. The lowest BCUT2D eigenvalue weighted by molar-refractivity contribution is -0.113. The molecule has 0 saturated heterocycles. The maximum Gasteiger partial charge on any atom is 0.277 e.